The summed E-state index contributed by atoms with van der Waals surface area (Å²) >= 11 is 5.18. The maximum atomic E-state index is 12.0. The Morgan fingerprint density at radius 2 is 1.94 bits per heavy atom. The van der Waals surface area contributed by atoms with Crippen LogP contribution in [0.2, 0.25) is 0 Å². The fourth-order valence-electron chi connectivity index (χ4n) is 1.40. The first kappa shape index (κ1) is 15.7. The van der Waals surface area contributed by atoms with Crippen molar-refractivity contribution in [3.8, 4) is 0 Å². The molecule has 0 aromatic carbocycles. The molecule has 0 atom stereocenters. The van der Waals surface area contributed by atoms with Crippen molar-refractivity contribution in [1.29, 1.82) is 0 Å². The van der Waals surface area contributed by atoms with Crippen LogP contribution in [0.4, 0.5) is 0 Å². The maximum absolute atomic E-state index is 12.0. The van der Waals surface area contributed by atoms with Crippen molar-refractivity contribution in [3.63, 3.8) is 0 Å². The smallest absolute Gasteiger partial charge is 0.239 e. The van der Waals surface area contributed by atoms with E-state index in [-0.39, 0.29) is 11.3 Å². The van der Waals surface area contributed by atoms with Crippen molar-refractivity contribution >= 4 is 33.2 Å². The molecule has 0 fully saturated rings. The van der Waals surface area contributed by atoms with Crippen LogP contribution in [-0.4, -0.2) is 25.0 Å². The predicted octanol–water partition coefficient (Wildman–Crippen LogP) is 2.90. The third-order valence-electron chi connectivity index (χ3n) is 3.12. The van der Waals surface area contributed by atoms with E-state index >= 15 is 0 Å². The van der Waals surface area contributed by atoms with Gasteiger partial charge in [0.2, 0.25) is 5.91 Å². The Morgan fingerprint density at radius 1 is 1.33 bits per heavy atom. The van der Waals surface area contributed by atoms with Crippen LogP contribution in [0.25, 0.3) is 0 Å². The fraction of sp³-hybridized carbons (Fsp3) is 0.615. The van der Waals surface area contributed by atoms with Gasteiger partial charge in [0.25, 0.3) is 0 Å². The highest BCUT2D eigenvalue weighted by Crippen LogP contribution is 2.32. The molecule has 0 aliphatic carbocycles. The van der Waals surface area contributed by atoms with Crippen molar-refractivity contribution in [3.05, 3.63) is 20.8 Å². The van der Waals surface area contributed by atoms with E-state index in [9.17, 15) is 4.79 Å². The van der Waals surface area contributed by atoms with Crippen LogP contribution in [0.1, 0.15) is 32.6 Å². The molecule has 1 aromatic heterocycles. The van der Waals surface area contributed by atoms with Gasteiger partial charge in [0, 0.05) is 16.8 Å². The van der Waals surface area contributed by atoms with Crippen molar-refractivity contribution in [2.75, 3.05) is 13.6 Å². The monoisotopic (exact) mass is 332 g/mol. The summed E-state index contributed by atoms with van der Waals surface area (Å²) in [6.07, 6.45) is 0. The Bertz CT molecular complexity index is 426. The summed E-state index contributed by atoms with van der Waals surface area (Å²) in [5.41, 5.74) is -0.595. The summed E-state index contributed by atoms with van der Waals surface area (Å²) in [7, 11) is 1.79. The number of amides is 1. The minimum atomic E-state index is -0.536. The predicted molar refractivity (Wildman–Crippen MR) is 81.2 cm³/mol. The molecule has 0 saturated heterocycles. The van der Waals surface area contributed by atoms with Crippen molar-refractivity contribution in [1.82, 2.24) is 10.6 Å². The molecule has 1 aromatic rings. The highest BCUT2D eigenvalue weighted by molar-refractivity contribution is 9.11. The van der Waals surface area contributed by atoms with Gasteiger partial charge >= 0.3 is 0 Å². The quantitative estimate of drug-likeness (QED) is 0.870. The van der Waals surface area contributed by atoms with Gasteiger partial charge in [-0.15, -0.1) is 11.3 Å². The third kappa shape index (κ3) is 3.80. The maximum Gasteiger partial charge on any atom is 0.239 e. The van der Waals surface area contributed by atoms with Crippen LogP contribution < -0.4 is 10.6 Å². The Kier molecular flexibility index (Phi) is 4.98. The number of hydrogen-bond donors (Lipinski definition) is 2. The molecular formula is C13H21BrN2OS. The average molecular weight is 333 g/mol. The van der Waals surface area contributed by atoms with E-state index in [0.717, 1.165) is 3.79 Å². The summed E-state index contributed by atoms with van der Waals surface area (Å²) in [5.74, 6) is 0.0219. The molecule has 3 nitrogen and oxygen atoms in total. The summed E-state index contributed by atoms with van der Waals surface area (Å²) in [6, 6.07) is 4.14. The normalized spacial score (nSPS) is 12.6. The van der Waals surface area contributed by atoms with Gasteiger partial charge in [-0.05, 0) is 49.0 Å². The number of carbonyl (C=O) groups excluding carboxylic acids is 1. The van der Waals surface area contributed by atoms with Gasteiger partial charge in [0.1, 0.15) is 0 Å². The van der Waals surface area contributed by atoms with Crippen LogP contribution in [0.5, 0.6) is 0 Å². The number of nitrogens with one attached hydrogen (secondary N) is 2. The van der Waals surface area contributed by atoms with E-state index in [1.54, 1.807) is 18.4 Å². The van der Waals surface area contributed by atoms with Crippen LogP contribution >= 0.6 is 27.3 Å². The lowest BCUT2D eigenvalue weighted by Gasteiger charge is -2.28. The molecule has 102 valence electrons. The molecule has 0 saturated carbocycles. The highest BCUT2D eigenvalue weighted by Gasteiger charge is 2.28. The van der Waals surface area contributed by atoms with E-state index in [1.165, 1.54) is 4.88 Å². The molecule has 0 radical (unpaired) electrons. The molecule has 18 heavy (non-hydrogen) atoms. The number of likely N-dealkylation sites (N-methyl/N-ethyl adjacent to an activating group) is 1. The Hall–Kier alpha value is -0.390. The highest BCUT2D eigenvalue weighted by atomic mass is 79.9. The topological polar surface area (TPSA) is 41.1 Å². The van der Waals surface area contributed by atoms with Crippen molar-refractivity contribution < 1.29 is 4.79 Å². The molecule has 2 N–H and O–H groups in total. The second kappa shape index (κ2) is 5.72. The molecule has 0 aliphatic rings. The minimum Gasteiger partial charge on any atom is -0.354 e. The molecule has 1 amide bonds. The SMILES string of the molecule is CNC(C)(C)C(=O)NCC(C)(C)c1ccc(Br)s1. The van der Waals surface area contributed by atoms with Gasteiger partial charge in [-0.1, -0.05) is 13.8 Å². The Labute approximate surface area is 121 Å². The Balaban J connectivity index is 2.65. The van der Waals surface area contributed by atoms with E-state index in [1.807, 2.05) is 19.9 Å². The lowest BCUT2D eigenvalue weighted by atomic mass is 9.91. The number of rotatable bonds is 5. The lowest BCUT2D eigenvalue weighted by molar-refractivity contribution is -0.126. The average Bonchev–Trinajstić information content (AvgIpc) is 2.73. The van der Waals surface area contributed by atoms with Crippen molar-refractivity contribution in [2.24, 2.45) is 0 Å². The van der Waals surface area contributed by atoms with E-state index in [0.29, 0.717) is 6.54 Å². The van der Waals surface area contributed by atoms with Gasteiger partial charge in [-0.3, -0.25) is 4.79 Å². The van der Waals surface area contributed by atoms with E-state index < -0.39 is 5.54 Å². The summed E-state index contributed by atoms with van der Waals surface area (Å²) in [4.78, 5) is 13.3. The second-order valence-corrected chi connectivity index (χ2v) is 8.01. The van der Waals surface area contributed by atoms with Crippen LogP contribution in [0, 0.1) is 0 Å². The third-order valence-corrected chi connectivity index (χ3v) is 5.11. The molecule has 0 unspecified atom stereocenters. The Morgan fingerprint density at radius 3 is 2.39 bits per heavy atom. The zero-order valence-corrected chi connectivity index (χ0v) is 14.0. The molecule has 1 heterocycles. The molecule has 5 heteroatoms. The second-order valence-electron chi connectivity index (χ2n) is 5.55. The summed E-state index contributed by atoms with van der Waals surface area (Å²) in [5, 5.41) is 6.02. The fourth-order valence-corrected chi connectivity index (χ4v) is 2.89. The molecule has 0 bridgehead atoms. The standard InChI is InChI=1S/C13H21BrN2OS/c1-12(2,9-6-7-10(14)18-9)8-16-11(17)13(3,4)15-5/h6-7,15H,8H2,1-5H3,(H,16,17). The molecule has 1 rings (SSSR count). The molecule has 0 spiro atoms. The van der Waals surface area contributed by atoms with Crippen molar-refractivity contribution in [2.45, 2.75) is 38.6 Å². The summed E-state index contributed by atoms with van der Waals surface area (Å²) in [6.45, 7) is 8.65. The lowest BCUT2D eigenvalue weighted by Crippen LogP contribution is -2.53. The number of thiophene rings is 1. The van der Waals surface area contributed by atoms with Gasteiger partial charge in [-0.2, -0.15) is 0 Å². The molecule has 0 aliphatic heterocycles. The first-order valence-electron chi connectivity index (χ1n) is 5.92. The van der Waals surface area contributed by atoms with Crippen LogP contribution in [-0.2, 0) is 10.2 Å². The van der Waals surface area contributed by atoms with Gasteiger partial charge < -0.3 is 10.6 Å². The first-order chi connectivity index (χ1) is 8.19. The number of carbonyl (C=O) groups is 1. The number of hydrogen-bond acceptors (Lipinski definition) is 3. The number of halogens is 1. The zero-order valence-electron chi connectivity index (χ0n) is 11.6. The van der Waals surface area contributed by atoms with Gasteiger partial charge in [-0.25, -0.2) is 0 Å². The van der Waals surface area contributed by atoms with Crippen LogP contribution in [0.3, 0.4) is 0 Å². The zero-order chi connectivity index (χ0) is 14.0. The first-order valence-corrected chi connectivity index (χ1v) is 7.53. The van der Waals surface area contributed by atoms with Gasteiger partial charge in [0.15, 0.2) is 0 Å². The largest absolute Gasteiger partial charge is 0.354 e. The van der Waals surface area contributed by atoms with Gasteiger partial charge in [0.05, 0.1) is 9.33 Å². The summed E-state index contributed by atoms with van der Waals surface area (Å²) < 4.78 is 1.12. The minimum absolute atomic E-state index is 0.0219. The van der Waals surface area contributed by atoms with Crippen LogP contribution in [0.15, 0.2) is 15.9 Å². The van der Waals surface area contributed by atoms with E-state index in [4.69, 9.17) is 0 Å². The molecular weight excluding hydrogens is 312 g/mol. The van der Waals surface area contributed by atoms with E-state index in [2.05, 4.69) is 46.5 Å².